The number of aliphatic imine (C=N–C) groups is 2. The molecule has 4 nitrogen and oxygen atoms in total. The number of nitrogens with zero attached hydrogens (tertiary/aromatic N) is 2. The molecule has 0 saturated heterocycles. The highest BCUT2D eigenvalue weighted by Gasteiger charge is 2.74. The van der Waals surface area contributed by atoms with Gasteiger partial charge in [-0.15, -0.1) is 0 Å². The second-order valence-electron chi connectivity index (χ2n) is 4.72. The zero-order chi connectivity index (χ0) is 19.3. The van der Waals surface area contributed by atoms with Gasteiger partial charge in [-0.3, -0.25) is 0 Å². The van der Waals surface area contributed by atoms with Crippen molar-refractivity contribution in [3.63, 3.8) is 0 Å². The SMILES string of the molecule is Nc1ccc(C2=NC(C(F)(F)F)(C(F)(F)F)N=C(C(F)(F)F)O2)cc1. The lowest BCUT2D eigenvalue weighted by Crippen LogP contribution is -2.57. The van der Waals surface area contributed by atoms with Crippen molar-refractivity contribution in [3.8, 4) is 0 Å². The van der Waals surface area contributed by atoms with E-state index in [1.54, 1.807) is 4.99 Å². The largest absolute Gasteiger partial charge is 0.468 e. The molecule has 0 radical (unpaired) electrons. The van der Waals surface area contributed by atoms with Gasteiger partial charge >= 0.3 is 30.1 Å². The molecular weight excluding hydrogens is 373 g/mol. The summed E-state index contributed by atoms with van der Waals surface area (Å²) in [5.41, 5.74) is -0.569. The standard InChI is InChI=1S/C12H6F9N3O/c13-9(14,15)8-24-10(11(16,17)18,12(19,20)21)23-7(25-8)5-1-3-6(22)4-2-5/h1-4H,22H2. The van der Waals surface area contributed by atoms with Gasteiger partial charge in [0.2, 0.25) is 5.90 Å². The molecule has 0 unspecified atom stereocenters. The van der Waals surface area contributed by atoms with Gasteiger partial charge in [0.25, 0.3) is 0 Å². The lowest BCUT2D eigenvalue weighted by Gasteiger charge is -2.34. The van der Waals surface area contributed by atoms with E-state index < -0.39 is 41.6 Å². The minimum Gasteiger partial charge on any atom is -0.416 e. The Morgan fingerprint density at radius 1 is 0.800 bits per heavy atom. The Balaban J connectivity index is 2.74. The maximum Gasteiger partial charge on any atom is 0.468 e. The van der Waals surface area contributed by atoms with Crippen LogP contribution in [-0.4, -0.2) is 36.0 Å². The summed E-state index contributed by atoms with van der Waals surface area (Å²) in [6, 6.07) is 3.77. The summed E-state index contributed by atoms with van der Waals surface area (Å²) in [5.74, 6) is -4.26. The molecule has 13 heteroatoms. The molecule has 0 spiro atoms. The van der Waals surface area contributed by atoms with Gasteiger partial charge in [0.15, 0.2) is 0 Å². The van der Waals surface area contributed by atoms with Crippen LogP contribution in [0.3, 0.4) is 0 Å². The van der Waals surface area contributed by atoms with Crippen molar-refractivity contribution in [1.29, 1.82) is 0 Å². The van der Waals surface area contributed by atoms with E-state index in [1.807, 2.05) is 0 Å². The van der Waals surface area contributed by atoms with Crippen molar-refractivity contribution in [2.24, 2.45) is 9.98 Å². The topological polar surface area (TPSA) is 60.0 Å². The summed E-state index contributed by atoms with van der Waals surface area (Å²) < 4.78 is 120. The molecule has 2 rings (SSSR count). The van der Waals surface area contributed by atoms with Crippen LogP contribution in [0.15, 0.2) is 34.3 Å². The van der Waals surface area contributed by atoms with Crippen LogP contribution in [0, 0.1) is 0 Å². The van der Waals surface area contributed by atoms with Gasteiger partial charge in [-0.1, -0.05) is 0 Å². The number of benzene rings is 1. The highest BCUT2D eigenvalue weighted by atomic mass is 19.4. The van der Waals surface area contributed by atoms with Crippen LogP contribution in [0.25, 0.3) is 0 Å². The summed E-state index contributed by atoms with van der Waals surface area (Å²) >= 11 is 0. The van der Waals surface area contributed by atoms with Crippen LogP contribution < -0.4 is 5.73 Å². The van der Waals surface area contributed by atoms with Crippen molar-refractivity contribution < 1.29 is 44.3 Å². The number of halogens is 9. The highest BCUT2D eigenvalue weighted by molar-refractivity contribution is 6.04. The van der Waals surface area contributed by atoms with Crippen LogP contribution in [0.4, 0.5) is 45.2 Å². The van der Waals surface area contributed by atoms with Crippen LogP contribution in [0.2, 0.25) is 0 Å². The Morgan fingerprint density at radius 3 is 1.68 bits per heavy atom. The molecular formula is C12H6F9N3O. The van der Waals surface area contributed by atoms with E-state index in [-0.39, 0.29) is 5.69 Å². The first kappa shape index (κ1) is 18.9. The quantitative estimate of drug-likeness (QED) is 0.596. The molecule has 138 valence electrons. The molecule has 1 aromatic rings. The van der Waals surface area contributed by atoms with Crippen molar-refractivity contribution in [2.75, 3.05) is 5.73 Å². The minimum absolute atomic E-state index is 0.0581. The van der Waals surface area contributed by atoms with Crippen molar-refractivity contribution in [2.45, 2.75) is 24.2 Å². The number of ether oxygens (including phenoxy) is 1. The Labute approximate surface area is 132 Å². The lowest BCUT2D eigenvalue weighted by molar-refractivity contribution is -0.294. The van der Waals surface area contributed by atoms with Crippen molar-refractivity contribution >= 4 is 17.5 Å². The summed E-state index contributed by atoms with van der Waals surface area (Å²) in [4.78, 5) is 4.06. The number of hydrogen-bond donors (Lipinski definition) is 1. The predicted molar refractivity (Wildman–Crippen MR) is 66.8 cm³/mol. The van der Waals surface area contributed by atoms with E-state index >= 15 is 0 Å². The first-order valence-electron chi connectivity index (χ1n) is 6.11. The van der Waals surface area contributed by atoms with Crippen LogP contribution >= 0.6 is 0 Å². The van der Waals surface area contributed by atoms with Gasteiger partial charge in [-0.25, -0.2) is 4.99 Å². The molecule has 0 bridgehead atoms. The number of anilines is 1. The molecule has 1 heterocycles. The summed E-state index contributed by atoms with van der Waals surface area (Å²) in [5, 5.41) is 0. The average Bonchev–Trinajstić information content (AvgIpc) is 2.44. The second-order valence-corrected chi connectivity index (χ2v) is 4.72. The van der Waals surface area contributed by atoms with E-state index in [9.17, 15) is 39.5 Å². The summed E-state index contributed by atoms with van der Waals surface area (Å²) in [6.45, 7) is 0. The van der Waals surface area contributed by atoms with Gasteiger partial charge in [-0.2, -0.15) is 44.5 Å². The fourth-order valence-electron chi connectivity index (χ4n) is 1.74. The maximum absolute atomic E-state index is 13.0. The Kier molecular flexibility index (Phi) is 4.17. The third-order valence-corrected chi connectivity index (χ3v) is 2.91. The van der Waals surface area contributed by atoms with E-state index in [4.69, 9.17) is 5.73 Å². The van der Waals surface area contributed by atoms with Crippen molar-refractivity contribution in [1.82, 2.24) is 0 Å². The fraction of sp³-hybridized carbons (Fsp3) is 0.333. The van der Waals surface area contributed by atoms with Gasteiger partial charge in [0, 0.05) is 11.3 Å². The molecule has 0 amide bonds. The van der Waals surface area contributed by atoms with E-state index in [0.717, 1.165) is 24.3 Å². The summed E-state index contributed by atoms with van der Waals surface area (Å²) in [7, 11) is 0. The zero-order valence-electron chi connectivity index (χ0n) is 11.6. The van der Waals surface area contributed by atoms with Gasteiger partial charge in [0.05, 0.1) is 0 Å². The van der Waals surface area contributed by atoms with Gasteiger partial charge in [0.1, 0.15) is 0 Å². The molecule has 0 saturated carbocycles. The third kappa shape index (κ3) is 3.35. The highest BCUT2D eigenvalue weighted by Crippen LogP contribution is 2.49. The first-order chi connectivity index (χ1) is 11.2. The molecule has 25 heavy (non-hydrogen) atoms. The third-order valence-electron chi connectivity index (χ3n) is 2.91. The smallest absolute Gasteiger partial charge is 0.416 e. The monoisotopic (exact) mass is 379 g/mol. The number of alkyl halides is 9. The minimum atomic E-state index is -6.30. The molecule has 0 aromatic heterocycles. The molecule has 0 fully saturated rings. The Bertz CT molecular complexity index is 699. The van der Waals surface area contributed by atoms with Crippen LogP contribution in [0.5, 0.6) is 0 Å². The maximum atomic E-state index is 13.0. The normalized spacial score (nSPS) is 18.3. The van der Waals surface area contributed by atoms with Crippen LogP contribution in [-0.2, 0) is 4.74 Å². The molecule has 1 aromatic carbocycles. The average molecular weight is 379 g/mol. The molecule has 0 aliphatic carbocycles. The molecule has 0 atom stereocenters. The van der Waals surface area contributed by atoms with Crippen molar-refractivity contribution in [3.05, 3.63) is 29.8 Å². The van der Waals surface area contributed by atoms with E-state index in [0.29, 0.717) is 0 Å². The lowest BCUT2D eigenvalue weighted by atomic mass is 10.1. The second kappa shape index (κ2) is 5.52. The fourth-order valence-corrected chi connectivity index (χ4v) is 1.74. The number of rotatable bonds is 1. The van der Waals surface area contributed by atoms with Gasteiger partial charge in [-0.05, 0) is 24.3 Å². The molecule has 1 aliphatic rings. The van der Waals surface area contributed by atoms with E-state index in [1.165, 1.54) is 0 Å². The zero-order valence-corrected chi connectivity index (χ0v) is 11.6. The van der Waals surface area contributed by atoms with Gasteiger partial charge < -0.3 is 10.5 Å². The number of nitrogen functional groups attached to an aromatic ring is 1. The van der Waals surface area contributed by atoms with E-state index in [2.05, 4.69) is 9.73 Å². The van der Waals surface area contributed by atoms with Crippen LogP contribution in [0.1, 0.15) is 5.56 Å². The summed E-state index contributed by atoms with van der Waals surface area (Å²) in [6.07, 6.45) is -18.3. The molecule has 1 aliphatic heterocycles. The number of nitrogens with two attached hydrogens (primary N) is 1. The predicted octanol–water partition coefficient (Wildman–Crippen LogP) is 3.83. The Morgan fingerprint density at radius 2 is 1.28 bits per heavy atom. The number of hydrogen-bond acceptors (Lipinski definition) is 4. The molecule has 2 N–H and O–H groups in total. The Hall–Kier alpha value is -2.47. The first-order valence-corrected chi connectivity index (χ1v) is 6.11.